The molecule has 5 rings (SSSR count). The molecule has 3 atom stereocenters. The normalized spacial score (nSPS) is 26.4. The lowest BCUT2D eigenvalue weighted by Gasteiger charge is -2.34. The quantitative estimate of drug-likeness (QED) is 0.823. The second-order valence-electron chi connectivity index (χ2n) is 7.70. The molecule has 1 aliphatic carbocycles. The zero-order chi connectivity index (χ0) is 17.8. The lowest BCUT2D eigenvalue weighted by Crippen LogP contribution is -2.45. The minimum atomic E-state index is 0.00627. The first kappa shape index (κ1) is 15.6. The van der Waals surface area contributed by atoms with Crippen molar-refractivity contribution >= 4 is 11.8 Å². The standard InChI is InChI=1S/C20H22N4O2/c1-22-12-21-9-17(22)20(26)23-10-14-6-7-24(18(14)11-23)19(25)16-8-13-4-2-3-5-15(13)16/h2-5,9,12,14,16,18H,6-8,10-11H2,1H3/t14-,16?,18+/m0/s1. The lowest BCUT2D eigenvalue weighted by atomic mass is 9.76. The number of aromatic nitrogens is 2. The van der Waals surface area contributed by atoms with Crippen LogP contribution < -0.4 is 0 Å². The third kappa shape index (κ3) is 2.21. The van der Waals surface area contributed by atoms with Crippen molar-refractivity contribution in [3.05, 3.63) is 53.6 Å². The summed E-state index contributed by atoms with van der Waals surface area (Å²) in [7, 11) is 1.83. The Kier molecular flexibility index (Phi) is 3.42. The van der Waals surface area contributed by atoms with Crippen LogP contribution in [0.1, 0.15) is 34.0 Å². The highest BCUT2D eigenvalue weighted by Crippen LogP contribution is 2.40. The lowest BCUT2D eigenvalue weighted by molar-refractivity contribution is -0.134. The fourth-order valence-electron chi connectivity index (χ4n) is 4.81. The number of aryl methyl sites for hydroxylation is 1. The molecule has 6 heteroatoms. The minimum absolute atomic E-state index is 0.00627. The van der Waals surface area contributed by atoms with Crippen molar-refractivity contribution in [1.29, 1.82) is 0 Å². The van der Waals surface area contributed by atoms with Gasteiger partial charge in [0.15, 0.2) is 0 Å². The molecule has 2 fully saturated rings. The number of hydrogen-bond donors (Lipinski definition) is 0. The third-order valence-electron chi connectivity index (χ3n) is 6.31. The molecule has 0 N–H and O–H groups in total. The van der Waals surface area contributed by atoms with E-state index in [9.17, 15) is 9.59 Å². The Morgan fingerprint density at radius 2 is 2.04 bits per heavy atom. The van der Waals surface area contributed by atoms with Gasteiger partial charge in [-0.3, -0.25) is 9.59 Å². The van der Waals surface area contributed by atoms with E-state index in [4.69, 9.17) is 0 Å². The Balaban J connectivity index is 1.31. The summed E-state index contributed by atoms with van der Waals surface area (Å²) in [6.45, 7) is 2.19. The Labute approximate surface area is 152 Å². The van der Waals surface area contributed by atoms with Gasteiger partial charge in [0.25, 0.3) is 5.91 Å². The molecular formula is C20H22N4O2. The predicted molar refractivity (Wildman–Crippen MR) is 95.6 cm³/mol. The molecule has 2 aromatic rings. The van der Waals surface area contributed by atoms with Crippen LogP contribution in [0, 0.1) is 5.92 Å². The first-order chi connectivity index (χ1) is 12.6. The molecular weight excluding hydrogens is 328 g/mol. The van der Waals surface area contributed by atoms with E-state index in [1.807, 2.05) is 29.0 Å². The fourth-order valence-corrected chi connectivity index (χ4v) is 4.81. The number of fused-ring (bicyclic) bond motifs is 2. The van der Waals surface area contributed by atoms with Gasteiger partial charge in [0.05, 0.1) is 24.5 Å². The summed E-state index contributed by atoms with van der Waals surface area (Å²) in [5.41, 5.74) is 3.08. The van der Waals surface area contributed by atoms with E-state index in [2.05, 4.69) is 17.1 Å². The molecule has 0 spiro atoms. The summed E-state index contributed by atoms with van der Waals surface area (Å²) in [6.07, 6.45) is 5.10. The number of rotatable bonds is 2. The van der Waals surface area contributed by atoms with Gasteiger partial charge in [-0.05, 0) is 24.0 Å². The fraction of sp³-hybridized carbons (Fsp3) is 0.450. The number of carbonyl (C=O) groups is 2. The maximum atomic E-state index is 13.1. The average molecular weight is 350 g/mol. The van der Waals surface area contributed by atoms with Crippen LogP contribution in [0.3, 0.4) is 0 Å². The molecule has 0 saturated carbocycles. The van der Waals surface area contributed by atoms with Crippen molar-refractivity contribution < 1.29 is 9.59 Å². The van der Waals surface area contributed by atoms with Crippen LogP contribution in [0.4, 0.5) is 0 Å². The van der Waals surface area contributed by atoms with E-state index in [1.165, 1.54) is 11.1 Å². The zero-order valence-electron chi connectivity index (χ0n) is 14.8. The first-order valence-corrected chi connectivity index (χ1v) is 9.27. The maximum Gasteiger partial charge on any atom is 0.272 e. The molecule has 0 bridgehead atoms. The topological polar surface area (TPSA) is 58.4 Å². The first-order valence-electron chi connectivity index (χ1n) is 9.27. The molecule has 3 aliphatic rings. The highest BCUT2D eigenvalue weighted by atomic mass is 16.2. The molecule has 26 heavy (non-hydrogen) atoms. The number of nitrogens with zero attached hydrogens (tertiary/aromatic N) is 4. The molecule has 1 aromatic carbocycles. The summed E-state index contributed by atoms with van der Waals surface area (Å²) >= 11 is 0. The average Bonchev–Trinajstić information content (AvgIpc) is 3.30. The molecule has 6 nitrogen and oxygen atoms in total. The van der Waals surface area contributed by atoms with Crippen molar-refractivity contribution in [2.24, 2.45) is 13.0 Å². The van der Waals surface area contributed by atoms with Crippen LogP contribution in [0.2, 0.25) is 0 Å². The summed E-state index contributed by atoms with van der Waals surface area (Å²) in [4.78, 5) is 33.8. The van der Waals surface area contributed by atoms with Crippen LogP contribution in [0.5, 0.6) is 0 Å². The SMILES string of the molecule is Cn1cncc1C(=O)N1C[C@@H]2CCN(C(=O)C3Cc4ccccc43)[C@@H]2C1. The van der Waals surface area contributed by atoms with Gasteiger partial charge >= 0.3 is 0 Å². The Morgan fingerprint density at radius 1 is 1.19 bits per heavy atom. The number of hydrogen-bond acceptors (Lipinski definition) is 3. The summed E-state index contributed by atoms with van der Waals surface area (Å²) < 4.78 is 1.75. The minimum Gasteiger partial charge on any atom is -0.337 e. The third-order valence-corrected chi connectivity index (χ3v) is 6.31. The van der Waals surface area contributed by atoms with E-state index < -0.39 is 0 Å². The number of imidazole rings is 1. The Morgan fingerprint density at radius 3 is 2.81 bits per heavy atom. The number of benzene rings is 1. The van der Waals surface area contributed by atoms with Crippen molar-refractivity contribution in [2.75, 3.05) is 19.6 Å². The summed E-state index contributed by atoms with van der Waals surface area (Å²) in [6, 6.07) is 8.38. The number of amides is 2. The van der Waals surface area contributed by atoms with Gasteiger partial charge in [0, 0.05) is 32.6 Å². The highest BCUT2D eigenvalue weighted by molar-refractivity contribution is 5.93. The molecule has 1 unspecified atom stereocenters. The maximum absolute atomic E-state index is 13.1. The summed E-state index contributed by atoms with van der Waals surface area (Å²) in [5, 5.41) is 0. The van der Waals surface area contributed by atoms with Crippen molar-refractivity contribution in [3.63, 3.8) is 0 Å². The second-order valence-corrected chi connectivity index (χ2v) is 7.70. The molecule has 134 valence electrons. The number of likely N-dealkylation sites (tertiary alicyclic amines) is 2. The van der Waals surface area contributed by atoms with Crippen LogP contribution in [-0.2, 0) is 18.3 Å². The molecule has 1 aromatic heterocycles. The van der Waals surface area contributed by atoms with Crippen LogP contribution >= 0.6 is 0 Å². The van der Waals surface area contributed by atoms with Crippen molar-refractivity contribution in [3.8, 4) is 0 Å². The largest absolute Gasteiger partial charge is 0.337 e. The number of carbonyl (C=O) groups excluding carboxylic acids is 2. The smallest absolute Gasteiger partial charge is 0.272 e. The van der Waals surface area contributed by atoms with Gasteiger partial charge in [0.2, 0.25) is 5.91 Å². The monoisotopic (exact) mass is 350 g/mol. The van der Waals surface area contributed by atoms with Gasteiger partial charge in [-0.15, -0.1) is 0 Å². The van der Waals surface area contributed by atoms with Crippen molar-refractivity contribution in [2.45, 2.75) is 24.8 Å². The van der Waals surface area contributed by atoms with Gasteiger partial charge < -0.3 is 14.4 Å². The van der Waals surface area contributed by atoms with E-state index in [0.29, 0.717) is 18.2 Å². The van der Waals surface area contributed by atoms with Gasteiger partial charge in [0.1, 0.15) is 5.69 Å². The molecule has 2 aliphatic heterocycles. The van der Waals surface area contributed by atoms with Gasteiger partial charge in [-0.25, -0.2) is 4.98 Å². The molecule has 2 saturated heterocycles. The van der Waals surface area contributed by atoms with E-state index in [-0.39, 0.29) is 23.8 Å². The van der Waals surface area contributed by atoms with Crippen molar-refractivity contribution in [1.82, 2.24) is 19.4 Å². The van der Waals surface area contributed by atoms with Crippen LogP contribution in [-0.4, -0.2) is 56.8 Å². The molecule has 3 heterocycles. The van der Waals surface area contributed by atoms with Crippen LogP contribution in [0.15, 0.2) is 36.8 Å². The molecule has 0 radical (unpaired) electrons. The second kappa shape index (κ2) is 5.69. The molecule has 2 amide bonds. The summed E-state index contributed by atoms with van der Waals surface area (Å²) in [5.74, 6) is 0.657. The van der Waals surface area contributed by atoms with Gasteiger partial charge in [-0.1, -0.05) is 24.3 Å². The van der Waals surface area contributed by atoms with E-state index in [1.54, 1.807) is 17.1 Å². The Hall–Kier alpha value is -2.63. The Bertz CT molecular complexity index is 889. The van der Waals surface area contributed by atoms with Gasteiger partial charge in [-0.2, -0.15) is 0 Å². The van der Waals surface area contributed by atoms with Crippen LogP contribution in [0.25, 0.3) is 0 Å². The zero-order valence-corrected chi connectivity index (χ0v) is 14.8. The van der Waals surface area contributed by atoms with E-state index >= 15 is 0 Å². The highest BCUT2D eigenvalue weighted by Gasteiger charge is 2.47. The van der Waals surface area contributed by atoms with E-state index in [0.717, 1.165) is 25.9 Å². The predicted octanol–water partition coefficient (Wildman–Crippen LogP) is 1.43.